The van der Waals surface area contributed by atoms with E-state index in [0.717, 1.165) is 45.7 Å². The second-order valence-electron chi connectivity index (χ2n) is 6.12. The zero-order valence-corrected chi connectivity index (χ0v) is 11.5. The van der Waals surface area contributed by atoms with Crippen LogP contribution in [0.3, 0.4) is 0 Å². The number of ether oxygens (including phenoxy) is 2. The minimum Gasteiger partial charge on any atom is -0.379 e. The highest BCUT2D eigenvalue weighted by Gasteiger charge is 2.62. The maximum atomic E-state index is 12.4. The van der Waals surface area contributed by atoms with Gasteiger partial charge in [0.25, 0.3) is 0 Å². The molecule has 0 aromatic heterocycles. The van der Waals surface area contributed by atoms with Crippen molar-refractivity contribution in [1.82, 2.24) is 9.80 Å². The number of rotatable bonds is 3. The Hall–Kier alpha value is -0.980. The highest BCUT2D eigenvalue weighted by Crippen LogP contribution is 2.48. The molecule has 0 saturated carbocycles. The van der Waals surface area contributed by atoms with Crippen LogP contribution in [0.15, 0.2) is 0 Å². The summed E-state index contributed by atoms with van der Waals surface area (Å²) in [6.45, 7) is 4.53. The van der Waals surface area contributed by atoms with Gasteiger partial charge in [0.05, 0.1) is 37.3 Å². The van der Waals surface area contributed by atoms with Gasteiger partial charge in [0, 0.05) is 26.2 Å². The Balaban J connectivity index is 1.41. The summed E-state index contributed by atoms with van der Waals surface area (Å²) in [5.41, 5.74) is 0. The molecule has 4 aliphatic rings. The zero-order chi connectivity index (χ0) is 13.7. The number of hydrogen-bond donors (Lipinski definition) is 0. The third kappa shape index (κ3) is 1.82. The lowest BCUT2D eigenvalue weighted by molar-refractivity contribution is -0.142. The van der Waals surface area contributed by atoms with Gasteiger partial charge >= 0.3 is 0 Å². The standard InChI is InChI=1S/C14H20N2O4/c17-13-11-9-1-2-10(20-9)12(11)14(18)16(13)4-3-15-5-7-19-8-6-15/h9-12H,1-8H2/t9-,10+,11?,12?. The molecule has 0 aliphatic carbocycles. The predicted molar refractivity (Wildman–Crippen MR) is 68.9 cm³/mol. The predicted octanol–water partition coefficient (Wildman–Crippen LogP) is -0.519. The van der Waals surface area contributed by atoms with Crippen molar-refractivity contribution in [3.05, 3.63) is 0 Å². The van der Waals surface area contributed by atoms with Gasteiger partial charge in [-0.05, 0) is 12.8 Å². The van der Waals surface area contributed by atoms with Crippen molar-refractivity contribution in [3.63, 3.8) is 0 Å². The fraction of sp³-hybridized carbons (Fsp3) is 0.857. The fourth-order valence-electron chi connectivity index (χ4n) is 4.06. The number of imide groups is 1. The van der Waals surface area contributed by atoms with Crippen molar-refractivity contribution in [2.45, 2.75) is 25.0 Å². The van der Waals surface area contributed by atoms with Crippen molar-refractivity contribution in [2.24, 2.45) is 11.8 Å². The molecule has 0 aromatic rings. The Bertz CT molecular complexity index is 407. The maximum absolute atomic E-state index is 12.4. The quantitative estimate of drug-likeness (QED) is 0.651. The largest absolute Gasteiger partial charge is 0.379 e. The first-order chi connectivity index (χ1) is 9.75. The first-order valence-corrected chi connectivity index (χ1v) is 7.56. The highest BCUT2D eigenvalue weighted by molar-refractivity contribution is 6.06. The summed E-state index contributed by atoms with van der Waals surface area (Å²) in [6.07, 6.45) is 1.86. The van der Waals surface area contributed by atoms with E-state index in [2.05, 4.69) is 4.90 Å². The van der Waals surface area contributed by atoms with Crippen LogP contribution in [0, 0.1) is 11.8 Å². The summed E-state index contributed by atoms with van der Waals surface area (Å²) >= 11 is 0. The minimum atomic E-state index is -0.189. The SMILES string of the molecule is O=C1C2C(C(=O)N1CCN1CCOCC1)[C@H]1CC[C@@H]2O1. The van der Waals surface area contributed by atoms with Crippen LogP contribution in [0.4, 0.5) is 0 Å². The van der Waals surface area contributed by atoms with E-state index >= 15 is 0 Å². The van der Waals surface area contributed by atoms with Gasteiger partial charge in [-0.15, -0.1) is 0 Å². The van der Waals surface area contributed by atoms with Crippen molar-refractivity contribution >= 4 is 11.8 Å². The molecule has 0 radical (unpaired) electrons. The van der Waals surface area contributed by atoms with E-state index in [1.54, 1.807) is 0 Å². The van der Waals surface area contributed by atoms with E-state index in [1.807, 2.05) is 0 Å². The third-order valence-electron chi connectivity index (χ3n) is 5.12. The van der Waals surface area contributed by atoms with E-state index in [-0.39, 0.29) is 35.9 Å². The number of amides is 2. The Kier molecular flexibility index (Phi) is 3.05. The summed E-state index contributed by atoms with van der Waals surface area (Å²) in [5, 5.41) is 0. The monoisotopic (exact) mass is 280 g/mol. The fourth-order valence-corrected chi connectivity index (χ4v) is 4.06. The number of carbonyl (C=O) groups is 2. The lowest BCUT2D eigenvalue weighted by Gasteiger charge is -2.28. The smallest absolute Gasteiger partial charge is 0.235 e. The highest BCUT2D eigenvalue weighted by atomic mass is 16.5. The Morgan fingerprint density at radius 1 is 0.950 bits per heavy atom. The zero-order valence-electron chi connectivity index (χ0n) is 11.5. The van der Waals surface area contributed by atoms with Gasteiger partial charge < -0.3 is 9.47 Å². The lowest BCUT2D eigenvalue weighted by Crippen LogP contribution is -2.44. The topological polar surface area (TPSA) is 59.1 Å². The molecule has 4 atom stereocenters. The number of hydrogen-bond acceptors (Lipinski definition) is 5. The first-order valence-electron chi connectivity index (χ1n) is 7.56. The second kappa shape index (κ2) is 4.79. The van der Waals surface area contributed by atoms with Crippen molar-refractivity contribution in [1.29, 1.82) is 0 Å². The molecule has 4 aliphatic heterocycles. The third-order valence-corrected chi connectivity index (χ3v) is 5.12. The molecule has 6 heteroatoms. The normalized spacial score (nSPS) is 40.7. The number of fused-ring (bicyclic) bond motifs is 5. The van der Waals surface area contributed by atoms with Crippen LogP contribution in [0.2, 0.25) is 0 Å². The first kappa shape index (κ1) is 12.7. The molecule has 0 N–H and O–H groups in total. The number of morpholine rings is 1. The molecule has 4 rings (SSSR count). The van der Waals surface area contributed by atoms with Gasteiger partial charge in [0.2, 0.25) is 11.8 Å². The van der Waals surface area contributed by atoms with Crippen molar-refractivity contribution in [2.75, 3.05) is 39.4 Å². The molecule has 4 heterocycles. The van der Waals surface area contributed by atoms with Gasteiger partial charge in [0.1, 0.15) is 0 Å². The average molecular weight is 280 g/mol. The van der Waals surface area contributed by atoms with Gasteiger partial charge in [0.15, 0.2) is 0 Å². The van der Waals surface area contributed by atoms with Crippen LogP contribution in [0.1, 0.15) is 12.8 Å². The molecule has 2 unspecified atom stereocenters. The van der Waals surface area contributed by atoms with Crippen molar-refractivity contribution < 1.29 is 19.1 Å². The second-order valence-corrected chi connectivity index (χ2v) is 6.12. The molecule has 6 nitrogen and oxygen atoms in total. The van der Waals surface area contributed by atoms with Gasteiger partial charge in [-0.25, -0.2) is 0 Å². The summed E-state index contributed by atoms with van der Waals surface area (Å²) in [5.74, 6) is -0.377. The molecule has 20 heavy (non-hydrogen) atoms. The van der Waals surface area contributed by atoms with E-state index < -0.39 is 0 Å². The number of likely N-dealkylation sites (tertiary alicyclic amines) is 1. The molecule has 2 bridgehead atoms. The molecule has 0 aromatic carbocycles. The van der Waals surface area contributed by atoms with Crippen LogP contribution >= 0.6 is 0 Å². The van der Waals surface area contributed by atoms with Crippen LogP contribution in [-0.2, 0) is 19.1 Å². The number of carbonyl (C=O) groups excluding carboxylic acids is 2. The minimum absolute atomic E-state index is 0.000425. The summed E-state index contributed by atoms with van der Waals surface area (Å²) in [6, 6.07) is 0. The molecular formula is C14H20N2O4. The molecule has 0 spiro atoms. The Morgan fingerprint density at radius 3 is 2.15 bits per heavy atom. The van der Waals surface area contributed by atoms with Crippen LogP contribution in [-0.4, -0.2) is 73.2 Å². The molecule has 2 amide bonds. The summed E-state index contributed by atoms with van der Waals surface area (Å²) in [4.78, 5) is 28.6. The molecule has 4 fully saturated rings. The van der Waals surface area contributed by atoms with E-state index in [0.29, 0.717) is 6.54 Å². The maximum Gasteiger partial charge on any atom is 0.235 e. The number of nitrogens with zero attached hydrogens (tertiary/aromatic N) is 2. The van der Waals surface area contributed by atoms with E-state index in [1.165, 1.54) is 4.90 Å². The van der Waals surface area contributed by atoms with Gasteiger partial charge in [-0.1, -0.05) is 0 Å². The van der Waals surface area contributed by atoms with Crippen molar-refractivity contribution in [3.8, 4) is 0 Å². The Morgan fingerprint density at radius 2 is 1.55 bits per heavy atom. The average Bonchev–Trinajstić information content (AvgIpc) is 3.13. The summed E-state index contributed by atoms with van der Waals surface area (Å²) < 4.78 is 11.0. The summed E-state index contributed by atoms with van der Waals surface area (Å²) in [7, 11) is 0. The van der Waals surface area contributed by atoms with E-state index in [9.17, 15) is 9.59 Å². The lowest BCUT2D eigenvalue weighted by atomic mass is 9.81. The Labute approximate surface area is 118 Å². The molecule has 4 saturated heterocycles. The molecule has 110 valence electrons. The van der Waals surface area contributed by atoms with E-state index in [4.69, 9.17) is 9.47 Å². The molecular weight excluding hydrogens is 260 g/mol. The van der Waals surface area contributed by atoms with Gasteiger partial charge in [-0.2, -0.15) is 0 Å². The van der Waals surface area contributed by atoms with Crippen LogP contribution in [0.25, 0.3) is 0 Å². The van der Waals surface area contributed by atoms with Crippen LogP contribution in [0.5, 0.6) is 0 Å². The van der Waals surface area contributed by atoms with Gasteiger partial charge in [-0.3, -0.25) is 19.4 Å². The van der Waals surface area contributed by atoms with Crippen LogP contribution < -0.4 is 0 Å².